The van der Waals surface area contributed by atoms with Crippen molar-refractivity contribution in [2.45, 2.75) is 58.5 Å². The van der Waals surface area contributed by atoms with E-state index in [1.54, 1.807) is 7.11 Å². The van der Waals surface area contributed by atoms with Crippen molar-refractivity contribution >= 4 is 22.9 Å². The topological polar surface area (TPSA) is 57.7 Å². The lowest BCUT2D eigenvalue weighted by molar-refractivity contribution is -0.109. The van der Waals surface area contributed by atoms with Gasteiger partial charge in [0.05, 0.1) is 30.1 Å². The van der Waals surface area contributed by atoms with Crippen molar-refractivity contribution in [1.29, 1.82) is 0 Å². The van der Waals surface area contributed by atoms with Crippen molar-refractivity contribution in [2.75, 3.05) is 39.9 Å². The van der Waals surface area contributed by atoms with Crippen LogP contribution in [0.3, 0.4) is 0 Å². The minimum atomic E-state index is -0.227. The summed E-state index contributed by atoms with van der Waals surface area (Å²) < 4.78 is 5.53. The summed E-state index contributed by atoms with van der Waals surface area (Å²) in [5, 5.41) is 5.07. The second-order valence-electron chi connectivity index (χ2n) is 11.3. The fourth-order valence-electron chi connectivity index (χ4n) is 6.77. The van der Waals surface area contributed by atoms with Gasteiger partial charge in [0.2, 0.25) is 0 Å². The van der Waals surface area contributed by atoms with Crippen LogP contribution in [0, 0.1) is 5.92 Å². The Morgan fingerprint density at radius 1 is 1.16 bits per heavy atom. The number of methoxy groups -OCH3 is 1. The molecule has 1 unspecified atom stereocenters. The maximum Gasteiger partial charge on any atom is 0.127 e. The second-order valence-corrected chi connectivity index (χ2v) is 11.3. The van der Waals surface area contributed by atoms with Crippen LogP contribution in [0.2, 0.25) is 0 Å². The average Bonchev–Trinajstić information content (AvgIpc) is 3.55. The van der Waals surface area contributed by atoms with Crippen LogP contribution in [0.15, 0.2) is 41.6 Å². The molecule has 0 saturated carbocycles. The first-order valence-corrected chi connectivity index (χ1v) is 14.4. The van der Waals surface area contributed by atoms with Gasteiger partial charge < -0.3 is 24.6 Å². The molecule has 1 N–H and O–H groups in total. The Morgan fingerprint density at radius 3 is 2.71 bits per heavy atom. The van der Waals surface area contributed by atoms with E-state index >= 15 is 0 Å². The zero-order valence-electron chi connectivity index (χ0n) is 22.9. The van der Waals surface area contributed by atoms with Crippen molar-refractivity contribution in [3.63, 3.8) is 0 Å². The highest BCUT2D eigenvalue weighted by molar-refractivity contribution is 5.90. The Bertz CT molecular complexity index is 1330. The van der Waals surface area contributed by atoms with Crippen LogP contribution in [-0.2, 0) is 35.5 Å². The number of piperidine rings is 1. The first-order valence-electron chi connectivity index (χ1n) is 14.4. The van der Waals surface area contributed by atoms with Gasteiger partial charge in [0.1, 0.15) is 6.29 Å². The average molecular weight is 513 g/mol. The minimum absolute atomic E-state index is 0.227. The number of nitrogens with one attached hydrogen (secondary N) is 1. The number of nitrogens with zero attached hydrogens (tertiary/aromatic N) is 3. The van der Waals surface area contributed by atoms with Gasteiger partial charge in [-0.3, -0.25) is 0 Å². The molecule has 0 radical (unpaired) electrons. The predicted molar refractivity (Wildman–Crippen MR) is 153 cm³/mol. The highest BCUT2D eigenvalue weighted by Gasteiger charge is 2.36. The molecule has 6 rings (SSSR count). The number of likely N-dealkylation sites (tertiary alicyclic amines) is 1. The van der Waals surface area contributed by atoms with Gasteiger partial charge in [0.25, 0.3) is 0 Å². The van der Waals surface area contributed by atoms with Crippen molar-refractivity contribution in [3.8, 4) is 0 Å². The van der Waals surface area contributed by atoms with Crippen molar-refractivity contribution in [2.24, 2.45) is 5.92 Å². The third kappa shape index (κ3) is 4.53. The van der Waals surface area contributed by atoms with Gasteiger partial charge in [-0.05, 0) is 85.7 Å². The molecule has 6 heteroatoms. The lowest BCUT2D eigenvalue weighted by Crippen LogP contribution is -2.35. The number of fused-ring (bicyclic) bond motifs is 5. The van der Waals surface area contributed by atoms with Crippen molar-refractivity contribution in [3.05, 3.63) is 69.6 Å². The number of allylic oxidation sites excluding steroid dienone is 2. The van der Waals surface area contributed by atoms with E-state index in [-0.39, 0.29) is 5.92 Å². The molecule has 6 nitrogen and oxygen atoms in total. The van der Waals surface area contributed by atoms with Gasteiger partial charge in [-0.2, -0.15) is 0 Å². The van der Waals surface area contributed by atoms with E-state index < -0.39 is 0 Å². The third-order valence-electron chi connectivity index (χ3n) is 8.92. The third-order valence-corrected chi connectivity index (χ3v) is 8.92. The smallest absolute Gasteiger partial charge is 0.127 e. The maximum atomic E-state index is 11.8. The lowest BCUT2D eigenvalue weighted by atomic mass is 9.91. The molecule has 1 atom stereocenters. The molecule has 1 aromatic carbocycles. The van der Waals surface area contributed by atoms with Crippen LogP contribution in [0.25, 0.3) is 16.6 Å². The fourth-order valence-corrected chi connectivity index (χ4v) is 6.77. The molecule has 2 aromatic rings. The zero-order chi connectivity index (χ0) is 26.2. The summed E-state index contributed by atoms with van der Waals surface area (Å²) in [4.78, 5) is 22.0. The fraction of sp³-hybridized carbons (Fsp3) is 0.500. The van der Waals surface area contributed by atoms with Crippen LogP contribution in [0.5, 0.6) is 0 Å². The lowest BCUT2D eigenvalue weighted by Gasteiger charge is -2.31. The SMILES string of the molecule is C=C1C(COC)=C(C(C)C=O)C=C2c3nc4cc5c(cc4c(CNCCN4CCCCC4)c3CN12)CCC5. The molecular weight excluding hydrogens is 472 g/mol. The van der Waals surface area contributed by atoms with E-state index in [1.165, 1.54) is 66.4 Å². The summed E-state index contributed by atoms with van der Waals surface area (Å²) >= 11 is 0. The Hall–Kier alpha value is -2.80. The van der Waals surface area contributed by atoms with E-state index in [0.29, 0.717) is 6.61 Å². The maximum absolute atomic E-state index is 11.8. The van der Waals surface area contributed by atoms with Gasteiger partial charge >= 0.3 is 0 Å². The number of hydrogen-bond donors (Lipinski definition) is 1. The number of pyridine rings is 1. The summed E-state index contributed by atoms with van der Waals surface area (Å²) in [7, 11) is 1.70. The van der Waals surface area contributed by atoms with E-state index in [2.05, 4.69) is 39.9 Å². The number of carbonyl (C=O) groups is 1. The van der Waals surface area contributed by atoms with E-state index in [4.69, 9.17) is 9.72 Å². The first-order chi connectivity index (χ1) is 18.6. The second kappa shape index (κ2) is 10.8. The molecule has 1 aromatic heterocycles. The van der Waals surface area contributed by atoms with Gasteiger partial charge in [-0.15, -0.1) is 0 Å². The molecule has 200 valence electrons. The van der Waals surface area contributed by atoms with Crippen LogP contribution in [0.1, 0.15) is 60.6 Å². The van der Waals surface area contributed by atoms with Crippen LogP contribution < -0.4 is 5.32 Å². The number of rotatable bonds is 9. The molecular formula is C32H40N4O2. The molecule has 38 heavy (non-hydrogen) atoms. The number of aryl methyl sites for hydroxylation is 2. The Kier molecular flexibility index (Phi) is 7.21. The Balaban J connectivity index is 1.39. The first kappa shape index (κ1) is 25.5. The number of hydrogen-bond acceptors (Lipinski definition) is 6. The largest absolute Gasteiger partial charge is 0.380 e. The predicted octanol–water partition coefficient (Wildman–Crippen LogP) is 4.76. The number of aromatic nitrogens is 1. The molecule has 4 heterocycles. The van der Waals surface area contributed by atoms with E-state index in [1.807, 2.05) is 6.92 Å². The minimum Gasteiger partial charge on any atom is -0.380 e. The molecule has 1 fully saturated rings. The summed E-state index contributed by atoms with van der Waals surface area (Å²) in [6.45, 7) is 13.0. The molecule has 0 amide bonds. The molecule has 1 aliphatic carbocycles. The molecule has 4 aliphatic rings. The van der Waals surface area contributed by atoms with Crippen LogP contribution in [-0.4, -0.2) is 61.0 Å². The van der Waals surface area contributed by atoms with Gasteiger partial charge in [0, 0.05) is 54.9 Å². The van der Waals surface area contributed by atoms with Crippen molar-refractivity contribution < 1.29 is 9.53 Å². The molecule has 3 aliphatic heterocycles. The van der Waals surface area contributed by atoms with E-state index in [0.717, 1.165) is 79.1 Å². The standard InChI is InChI=1S/C32H40N4O2/c1-21(19-37)25-16-31-32-28(18-36(31)22(2)29(25)20-38-3)27(17-33-10-13-35-11-5-4-6-12-35)26-14-23-8-7-9-24(23)15-30(26)34-32/h14-16,19,21,33H,2,4-13,17-18,20H2,1,3H3. The highest BCUT2D eigenvalue weighted by atomic mass is 16.5. The number of aldehydes is 1. The monoisotopic (exact) mass is 512 g/mol. The quantitative estimate of drug-likeness (QED) is 0.386. The van der Waals surface area contributed by atoms with Crippen molar-refractivity contribution in [1.82, 2.24) is 20.1 Å². The van der Waals surface area contributed by atoms with Gasteiger partial charge in [-0.25, -0.2) is 4.98 Å². The summed E-state index contributed by atoms with van der Waals surface area (Å²) in [6.07, 6.45) is 10.7. The van der Waals surface area contributed by atoms with Gasteiger partial charge in [-0.1, -0.05) is 19.9 Å². The molecule has 1 saturated heterocycles. The van der Waals surface area contributed by atoms with Gasteiger partial charge in [0.15, 0.2) is 0 Å². The van der Waals surface area contributed by atoms with Crippen LogP contribution >= 0.6 is 0 Å². The molecule has 0 bridgehead atoms. The number of carbonyl (C=O) groups excluding carboxylic acids is 1. The Morgan fingerprint density at radius 2 is 1.95 bits per heavy atom. The summed E-state index contributed by atoms with van der Waals surface area (Å²) in [6, 6.07) is 4.75. The normalized spacial score (nSPS) is 20.0. The summed E-state index contributed by atoms with van der Waals surface area (Å²) in [5.74, 6) is -0.227. The Labute approximate surface area is 226 Å². The zero-order valence-corrected chi connectivity index (χ0v) is 22.9. The summed E-state index contributed by atoms with van der Waals surface area (Å²) in [5.41, 5.74) is 11.7. The number of benzene rings is 1. The van der Waals surface area contributed by atoms with E-state index in [9.17, 15) is 4.79 Å². The highest BCUT2D eigenvalue weighted by Crippen LogP contribution is 2.45. The number of ether oxygens (including phenoxy) is 1. The molecule has 0 spiro atoms. The van der Waals surface area contributed by atoms with Crippen LogP contribution in [0.4, 0.5) is 0 Å².